The largest absolute Gasteiger partial charge is 0.318 e. The molecule has 0 unspecified atom stereocenters. The van der Waals surface area contributed by atoms with Crippen molar-refractivity contribution < 1.29 is 4.79 Å². The van der Waals surface area contributed by atoms with Crippen LogP contribution in [-0.4, -0.2) is 26.7 Å². The third kappa shape index (κ3) is 4.24. The molecule has 0 saturated heterocycles. The molecule has 164 valence electrons. The van der Waals surface area contributed by atoms with E-state index in [0.717, 1.165) is 33.1 Å². The van der Waals surface area contributed by atoms with E-state index in [1.807, 2.05) is 58.0 Å². The Morgan fingerprint density at radius 1 is 1.25 bits per heavy atom. The zero-order valence-corrected chi connectivity index (χ0v) is 19.7. The molecule has 4 rings (SSSR count). The number of hydrogen-bond acceptors (Lipinski definition) is 5. The van der Waals surface area contributed by atoms with E-state index in [9.17, 15) is 9.59 Å². The van der Waals surface area contributed by atoms with Crippen molar-refractivity contribution in [1.82, 2.24) is 20.0 Å². The molecular formula is C23H22ClN5O2S. The highest BCUT2D eigenvalue weighted by Crippen LogP contribution is 2.25. The fourth-order valence-corrected chi connectivity index (χ4v) is 4.83. The summed E-state index contributed by atoms with van der Waals surface area (Å²) >= 11 is 7.44. The Kier molecular flexibility index (Phi) is 5.99. The van der Waals surface area contributed by atoms with Crippen molar-refractivity contribution in [3.8, 4) is 5.69 Å². The molecule has 0 bridgehead atoms. The van der Waals surface area contributed by atoms with Crippen LogP contribution in [0.2, 0.25) is 5.02 Å². The molecule has 32 heavy (non-hydrogen) atoms. The third-order valence-electron chi connectivity index (χ3n) is 5.36. The van der Waals surface area contributed by atoms with Crippen molar-refractivity contribution >= 4 is 45.3 Å². The molecule has 7 nitrogen and oxygen atoms in total. The van der Waals surface area contributed by atoms with Gasteiger partial charge in [-0.1, -0.05) is 11.6 Å². The number of thiophene rings is 1. The van der Waals surface area contributed by atoms with Gasteiger partial charge < -0.3 is 9.55 Å². The predicted octanol–water partition coefficient (Wildman–Crippen LogP) is 4.36. The second-order valence-electron chi connectivity index (χ2n) is 7.58. The van der Waals surface area contributed by atoms with Gasteiger partial charge in [0.2, 0.25) is 5.91 Å². The Labute approximate surface area is 193 Å². The van der Waals surface area contributed by atoms with E-state index in [0.29, 0.717) is 21.1 Å². The number of aromatic amines is 1. The SMILES string of the molecule is Cc1sc2nc(CC(=O)N/N=C/c3cc(C)n(-c4ccc(Cl)cc4)c3C)[nH]c(=O)c2c1C. The van der Waals surface area contributed by atoms with Crippen molar-refractivity contribution in [3.05, 3.63) is 78.9 Å². The van der Waals surface area contributed by atoms with Crippen molar-refractivity contribution in [2.75, 3.05) is 0 Å². The van der Waals surface area contributed by atoms with Crippen LogP contribution < -0.4 is 11.0 Å². The molecule has 9 heteroatoms. The molecule has 0 saturated carbocycles. The summed E-state index contributed by atoms with van der Waals surface area (Å²) in [6.07, 6.45) is 1.54. The molecule has 0 spiro atoms. The second kappa shape index (κ2) is 8.72. The van der Waals surface area contributed by atoms with E-state index >= 15 is 0 Å². The minimum atomic E-state index is -0.361. The number of carbonyl (C=O) groups excluding carboxylic acids is 1. The number of fused-ring (bicyclic) bond motifs is 1. The van der Waals surface area contributed by atoms with Crippen molar-refractivity contribution in [2.45, 2.75) is 34.1 Å². The molecule has 0 fully saturated rings. The highest BCUT2D eigenvalue weighted by molar-refractivity contribution is 7.18. The number of halogens is 1. The van der Waals surface area contributed by atoms with Gasteiger partial charge in [-0.25, -0.2) is 10.4 Å². The molecule has 0 atom stereocenters. The van der Waals surface area contributed by atoms with Crippen LogP contribution in [0.1, 0.15) is 33.2 Å². The summed E-state index contributed by atoms with van der Waals surface area (Å²) in [4.78, 5) is 33.5. The summed E-state index contributed by atoms with van der Waals surface area (Å²) in [5, 5.41) is 5.36. The molecular weight excluding hydrogens is 446 g/mol. The van der Waals surface area contributed by atoms with E-state index in [2.05, 4.69) is 25.1 Å². The van der Waals surface area contributed by atoms with Gasteiger partial charge in [0.05, 0.1) is 18.0 Å². The second-order valence-corrected chi connectivity index (χ2v) is 9.22. The normalized spacial score (nSPS) is 11.5. The third-order valence-corrected chi connectivity index (χ3v) is 6.72. The van der Waals surface area contributed by atoms with Gasteiger partial charge in [-0.15, -0.1) is 11.3 Å². The first kappa shape index (κ1) is 22.0. The smallest absolute Gasteiger partial charge is 0.259 e. The van der Waals surface area contributed by atoms with E-state index in [-0.39, 0.29) is 17.9 Å². The minimum absolute atomic E-state index is 0.0672. The number of aryl methyl sites for hydroxylation is 3. The van der Waals surface area contributed by atoms with Crippen molar-refractivity contribution in [2.24, 2.45) is 5.10 Å². The lowest BCUT2D eigenvalue weighted by atomic mass is 10.2. The summed E-state index contributed by atoms with van der Waals surface area (Å²) < 4.78 is 2.09. The lowest BCUT2D eigenvalue weighted by Gasteiger charge is -2.09. The van der Waals surface area contributed by atoms with Gasteiger partial charge in [-0.05, 0) is 63.6 Å². The number of benzene rings is 1. The Balaban J connectivity index is 1.47. The number of hydrogen-bond donors (Lipinski definition) is 2. The highest BCUT2D eigenvalue weighted by Gasteiger charge is 2.14. The van der Waals surface area contributed by atoms with Gasteiger partial charge in [-0.2, -0.15) is 5.10 Å². The van der Waals surface area contributed by atoms with Gasteiger partial charge in [0.25, 0.3) is 5.56 Å². The monoisotopic (exact) mass is 467 g/mol. The first-order valence-corrected chi connectivity index (χ1v) is 11.2. The predicted molar refractivity (Wildman–Crippen MR) is 129 cm³/mol. The number of rotatable bonds is 5. The van der Waals surface area contributed by atoms with Crippen molar-refractivity contribution in [3.63, 3.8) is 0 Å². The Bertz CT molecular complexity index is 1410. The Morgan fingerprint density at radius 2 is 1.97 bits per heavy atom. The molecule has 0 aliphatic carbocycles. The summed E-state index contributed by atoms with van der Waals surface area (Å²) in [5.41, 5.74) is 7.12. The van der Waals surface area contributed by atoms with Crippen LogP contribution in [0, 0.1) is 27.7 Å². The van der Waals surface area contributed by atoms with Crippen LogP contribution in [0.3, 0.4) is 0 Å². The summed E-state index contributed by atoms with van der Waals surface area (Å²) in [6.45, 7) is 7.84. The molecule has 3 heterocycles. The van der Waals surface area contributed by atoms with Crippen LogP contribution in [0.25, 0.3) is 15.9 Å². The Hall–Kier alpha value is -3.23. The number of hydrazone groups is 1. The number of nitrogens with zero attached hydrogens (tertiary/aromatic N) is 3. The zero-order chi connectivity index (χ0) is 23.0. The number of carbonyl (C=O) groups is 1. The number of nitrogens with one attached hydrogen (secondary N) is 2. The maximum atomic E-state index is 12.4. The first-order valence-electron chi connectivity index (χ1n) is 10.00. The standard InChI is InChI=1S/C23H22ClN5O2S/c1-12-9-16(14(3)29(12)18-7-5-17(24)6-8-18)11-25-28-20(30)10-19-26-22(31)21-13(2)15(4)32-23(21)27-19/h5-9,11H,10H2,1-4H3,(H,28,30)(H,26,27,31)/b25-11+. The number of aromatic nitrogens is 3. The topological polar surface area (TPSA) is 92.1 Å². The molecule has 1 aromatic carbocycles. The van der Waals surface area contributed by atoms with Crippen LogP contribution in [0.15, 0.2) is 40.2 Å². The van der Waals surface area contributed by atoms with Crippen LogP contribution >= 0.6 is 22.9 Å². The van der Waals surface area contributed by atoms with E-state index < -0.39 is 0 Å². The van der Waals surface area contributed by atoms with Gasteiger partial charge in [0.15, 0.2) is 0 Å². The Morgan fingerprint density at radius 3 is 2.69 bits per heavy atom. The molecule has 4 aromatic rings. The average molecular weight is 468 g/mol. The fourth-order valence-electron chi connectivity index (χ4n) is 3.65. The lowest BCUT2D eigenvalue weighted by Crippen LogP contribution is -2.23. The van der Waals surface area contributed by atoms with Gasteiger partial charge in [0, 0.05) is 32.5 Å². The first-order chi connectivity index (χ1) is 15.2. The molecule has 3 aromatic heterocycles. The fraction of sp³-hybridized carbons (Fsp3) is 0.217. The van der Waals surface area contributed by atoms with Crippen LogP contribution in [0.5, 0.6) is 0 Å². The molecule has 1 amide bonds. The summed E-state index contributed by atoms with van der Waals surface area (Å²) in [7, 11) is 0. The van der Waals surface area contributed by atoms with Gasteiger partial charge >= 0.3 is 0 Å². The van der Waals surface area contributed by atoms with E-state index in [1.165, 1.54) is 11.3 Å². The van der Waals surface area contributed by atoms with Crippen LogP contribution in [0.4, 0.5) is 0 Å². The molecule has 0 radical (unpaired) electrons. The van der Waals surface area contributed by atoms with Crippen LogP contribution in [-0.2, 0) is 11.2 Å². The maximum absolute atomic E-state index is 12.4. The number of H-pyrrole nitrogens is 1. The summed E-state index contributed by atoms with van der Waals surface area (Å²) in [5.74, 6) is -0.0439. The summed E-state index contributed by atoms with van der Waals surface area (Å²) in [6, 6.07) is 9.59. The maximum Gasteiger partial charge on any atom is 0.259 e. The van der Waals surface area contributed by atoms with E-state index in [1.54, 1.807) is 6.21 Å². The quantitative estimate of drug-likeness (QED) is 0.337. The number of amides is 1. The lowest BCUT2D eigenvalue weighted by molar-refractivity contribution is -0.120. The zero-order valence-electron chi connectivity index (χ0n) is 18.1. The molecule has 0 aliphatic rings. The van der Waals surface area contributed by atoms with Gasteiger partial charge in [-0.3, -0.25) is 9.59 Å². The average Bonchev–Trinajstić information content (AvgIpc) is 3.17. The van der Waals surface area contributed by atoms with Crippen molar-refractivity contribution in [1.29, 1.82) is 0 Å². The van der Waals surface area contributed by atoms with E-state index in [4.69, 9.17) is 11.6 Å². The molecule has 0 aliphatic heterocycles. The molecule has 2 N–H and O–H groups in total. The van der Waals surface area contributed by atoms with Gasteiger partial charge in [0.1, 0.15) is 10.7 Å². The highest BCUT2D eigenvalue weighted by atomic mass is 35.5. The minimum Gasteiger partial charge on any atom is -0.318 e.